The number of rotatable bonds is 2. The van der Waals surface area contributed by atoms with Crippen molar-refractivity contribution in [3.05, 3.63) is 23.7 Å². The lowest BCUT2D eigenvalue weighted by molar-refractivity contribution is 0.0690. The average Bonchev–Trinajstić information content (AvgIpc) is 2.55. The van der Waals surface area contributed by atoms with Crippen LogP contribution in [0, 0.1) is 0 Å². The molecule has 0 aliphatic carbocycles. The summed E-state index contributed by atoms with van der Waals surface area (Å²) in [5, 5.41) is 8.81. The van der Waals surface area contributed by atoms with E-state index < -0.39 is 5.97 Å². The van der Waals surface area contributed by atoms with Crippen molar-refractivity contribution in [3.63, 3.8) is 0 Å². The van der Waals surface area contributed by atoms with E-state index in [1.807, 2.05) is 24.7 Å². The highest BCUT2D eigenvalue weighted by Crippen LogP contribution is 2.17. The molecule has 2 aromatic rings. The zero-order valence-corrected chi connectivity index (χ0v) is 8.56. The van der Waals surface area contributed by atoms with Gasteiger partial charge in [0.05, 0.1) is 6.20 Å². The van der Waals surface area contributed by atoms with Crippen LogP contribution in [-0.2, 0) is 13.5 Å². The van der Waals surface area contributed by atoms with Crippen LogP contribution in [0.2, 0.25) is 0 Å². The number of nitrogens with zero attached hydrogens (tertiary/aromatic N) is 3. The van der Waals surface area contributed by atoms with Crippen LogP contribution in [0.3, 0.4) is 0 Å². The summed E-state index contributed by atoms with van der Waals surface area (Å²) >= 11 is 0. The van der Waals surface area contributed by atoms with Crippen LogP contribution >= 0.6 is 0 Å². The molecule has 2 rings (SSSR count). The molecular weight excluding hydrogens is 194 g/mol. The molecule has 0 spiro atoms. The summed E-state index contributed by atoms with van der Waals surface area (Å²) in [4.78, 5) is 18.9. The molecule has 0 aliphatic heterocycles. The van der Waals surface area contributed by atoms with Gasteiger partial charge in [0.25, 0.3) is 0 Å². The van der Waals surface area contributed by atoms with E-state index in [1.54, 1.807) is 0 Å². The molecule has 0 unspecified atom stereocenters. The Balaban J connectivity index is 2.73. The summed E-state index contributed by atoms with van der Waals surface area (Å²) in [5.41, 5.74) is 2.41. The zero-order valence-electron chi connectivity index (χ0n) is 8.56. The molecule has 0 saturated heterocycles. The maximum atomic E-state index is 10.7. The minimum atomic E-state index is -1.05. The Morgan fingerprint density at radius 2 is 2.33 bits per heavy atom. The molecule has 5 heteroatoms. The molecular formula is C10H11N3O2. The number of aromatic carboxylic acids is 1. The van der Waals surface area contributed by atoms with Gasteiger partial charge in [0.15, 0.2) is 11.3 Å². The Morgan fingerprint density at radius 3 is 2.93 bits per heavy atom. The average molecular weight is 205 g/mol. The van der Waals surface area contributed by atoms with E-state index in [-0.39, 0.29) is 5.69 Å². The number of carbonyl (C=O) groups is 1. The van der Waals surface area contributed by atoms with Gasteiger partial charge in [-0.1, -0.05) is 6.92 Å². The van der Waals surface area contributed by atoms with Gasteiger partial charge in [-0.3, -0.25) is 0 Å². The molecule has 2 heterocycles. The fraction of sp³-hybridized carbons (Fsp3) is 0.300. The summed E-state index contributed by atoms with van der Waals surface area (Å²) in [7, 11) is 1.87. The lowest BCUT2D eigenvalue weighted by atomic mass is 10.2. The Labute approximate surface area is 86.4 Å². The van der Waals surface area contributed by atoms with Crippen molar-refractivity contribution in [2.75, 3.05) is 0 Å². The van der Waals surface area contributed by atoms with Gasteiger partial charge in [-0.25, -0.2) is 14.8 Å². The van der Waals surface area contributed by atoms with Gasteiger partial charge in [0.2, 0.25) is 0 Å². The van der Waals surface area contributed by atoms with Crippen LogP contribution in [0.5, 0.6) is 0 Å². The van der Waals surface area contributed by atoms with E-state index >= 15 is 0 Å². The number of aryl methyl sites for hydroxylation is 2. The van der Waals surface area contributed by atoms with Crippen molar-refractivity contribution in [1.29, 1.82) is 0 Å². The molecule has 78 valence electrons. The van der Waals surface area contributed by atoms with Gasteiger partial charge in [-0.05, 0) is 12.0 Å². The smallest absolute Gasteiger partial charge is 0.356 e. The van der Waals surface area contributed by atoms with Gasteiger partial charge in [0, 0.05) is 13.2 Å². The molecule has 2 aromatic heterocycles. The first-order valence-corrected chi connectivity index (χ1v) is 4.67. The predicted molar refractivity (Wildman–Crippen MR) is 54.8 cm³/mol. The Morgan fingerprint density at radius 1 is 1.60 bits per heavy atom. The predicted octanol–water partition coefficient (Wildman–Crippen LogP) is 1.23. The minimum absolute atomic E-state index is 0.0107. The highest BCUT2D eigenvalue weighted by molar-refractivity contribution is 5.88. The molecule has 0 atom stereocenters. The first kappa shape index (κ1) is 9.64. The molecule has 0 amide bonds. The van der Waals surface area contributed by atoms with E-state index in [9.17, 15) is 4.79 Å². The van der Waals surface area contributed by atoms with E-state index in [4.69, 9.17) is 5.11 Å². The zero-order chi connectivity index (χ0) is 11.0. The summed E-state index contributed by atoms with van der Waals surface area (Å²) in [6, 6.07) is 0. The monoisotopic (exact) mass is 205 g/mol. The number of hydrogen-bond acceptors (Lipinski definition) is 3. The van der Waals surface area contributed by atoms with Gasteiger partial charge in [0.1, 0.15) is 5.52 Å². The standard InChI is InChI=1S/C10H11N3O2/c1-3-6-5-13(2)9-8(6)12-7(4-11-9)10(14)15/h4-5H,3H2,1-2H3,(H,14,15). The lowest BCUT2D eigenvalue weighted by Gasteiger charge is -1.96. The van der Waals surface area contributed by atoms with Crippen LogP contribution in [0.15, 0.2) is 12.4 Å². The lowest BCUT2D eigenvalue weighted by Crippen LogP contribution is -2.02. The van der Waals surface area contributed by atoms with Crippen molar-refractivity contribution in [2.45, 2.75) is 13.3 Å². The first-order valence-electron chi connectivity index (χ1n) is 4.67. The molecule has 0 saturated carbocycles. The number of carboxylic acids is 1. The topological polar surface area (TPSA) is 68.0 Å². The van der Waals surface area contributed by atoms with Gasteiger partial charge in [-0.15, -0.1) is 0 Å². The van der Waals surface area contributed by atoms with Crippen LogP contribution in [0.25, 0.3) is 11.2 Å². The number of carboxylic acid groups (broad SMARTS) is 1. The summed E-state index contributed by atoms with van der Waals surface area (Å²) in [6.45, 7) is 2.00. The van der Waals surface area contributed by atoms with Crippen molar-refractivity contribution in [3.8, 4) is 0 Å². The molecule has 0 radical (unpaired) electrons. The fourth-order valence-corrected chi connectivity index (χ4v) is 1.57. The Kier molecular flexibility index (Phi) is 2.15. The normalized spacial score (nSPS) is 10.8. The van der Waals surface area contributed by atoms with Gasteiger partial charge < -0.3 is 9.67 Å². The summed E-state index contributed by atoms with van der Waals surface area (Å²) < 4.78 is 1.85. The second kappa shape index (κ2) is 3.34. The highest BCUT2D eigenvalue weighted by Gasteiger charge is 2.11. The van der Waals surface area contributed by atoms with Crippen LogP contribution in [-0.4, -0.2) is 25.6 Å². The summed E-state index contributed by atoms with van der Waals surface area (Å²) in [6.07, 6.45) is 4.02. The quantitative estimate of drug-likeness (QED) is 0.800. The third kappa shape index (κ3) is 1.45. The maximum absolute atomic E-state index is 10.7. The molecule has 0 aromatic carbocycles. The van der Waals surface area contributed by atoms with Gasteiger partial charge >= 0.3 is 5.97 Å². The third-order valence-corrected chi connectivity index (χ3v) is 2.34. The van der Waals surface area contributed by atoms with E-state index in [2.05, 4.69) is 9.97 Å². The van der Waals surface area contributed by atoms with E-state index in [1.165, 1.54) is 6.20 Å². The third-order valence-electron chi connectivity index (χ3n) is 2.34. The second-order valence-electron chi connectivity index (χ2n) is 3.35. The fourth-order valence-electron chi connectivity index (χ4n) is 1.57. The van der Waals surface area contributed by atoms with Crippen molar-refractivity contribution < 1.29 is 9.90 Å². The number of aromatic nitrogens is 3. The van der Waals surface area contributed by atoms with Crippen molar-refractivity contribution >= 4 is 17.1 Å². The van der Waals surface area contributed by atoms with Crippen LogP contribution in [0.4, 0.5) is 0 Å². The molecule has 1 N–H and O–H groups in total. The molecule has 0 fully saturated rings. The minimum Gasteiger partial charge on any atom is -0.476 e. The maximum Gasteiger partial charge on any atom is 0.356 e. The Hall–Kier alpha value is -1.91. The van der Waals surface area contributed by atoms with Crippen molar-refractivity contribution in [1.82, 2.24) is 14.5 Å². The summed E-state index contributed by atoms with van der Waals surface area (Å²) in [5.74, 6) is -1.05. The number of hydrogen-bond donors (Lipinski definition) is 1. The SMILES string of the molecule is CCc1cn(C)c2ncc(C(=O)O)nc12. The van der Waals surface area contributed by atoms with Crippen LogP contribution < -0.4 is 0 Å². The molecule has 0 aliphatic rings. The molecule has 0 bridgehead atoms. The van der Waals surface area contributed by atoms with Gasteiger partial charge in [-0.2, -0.15) is 0 Å². The van der Waals surface area contributed by atoms with E-state index in [0.29, 0.717) is 5.52 Å². The number of fused-ring (bicyclic) bond motifs is 1. The first-order chi connectivity index (χ1) is 7.13. The van der Waals surface area contributed by atoms with Crippen molar-refractivity contribution in [2.24, 2.45) is 7.05 Å². The van der Waals surface area contributed by atoms with Crippen LogP contribution in [0.1, 0.15) is 23.0 Å². The molecule has 15 heavy (non-hydrogen) atoms. The second-order valence-corrected chi connectivity index (χ2v) is 3.35. The Bertz CT molecular complexity index is 531. The highest BCUT2D eigenvalue weighted by atomic mass is 16.4. The van der Waals surface area contributed by atoms with E-state index in [0.717, 1.165) is 17.6 Å². The molecule has 5 nitrogen and oxygen atoms in total. The largest absolute Gasteiger partial charge is 0.476 e.